The molecule has 0 aromatic heterocycles. The van der Waals surface area contributed by atoms with Gasteiger partial charge in [0.2, 0.25) is 0 Å². The van der Waals surface area contributed by atoms with Gasteiger partial charge in [-0.2, -0.15) is 0 Å². The predicted octanol–water partition coefficient (Wildman–Crippen LogP) is 5.24. The van der Waals surface area contributed by atoms with Crippen molar-refractivity contribution in [3.8, 4) is 0 Å². The van der Waals surface area contributed by atoms with Crippen LogP contribution in [0, 0.1) is 5.82 Å². The lowest BCUT2D eigenvalue weighted by molar-refractivity contribution is 0.571. The molecule has 0 aliphatic heterocycles. The number of nitrogens with one attached hydrogen (secondary N) is 1. The minimum absolute atomic E-state index is 0.136. The molecule has 0 amide bonds. The van der Waals surface area contributed by atoms with E-state index in [0.717, 1.165) is 12.0 Å². The quantitative estimate of drug-likeness (QED) is 0.751. The molecular weight excluding hydrogens is 329 g/mol. The van der Waals surface area contributed by atoms with Crippen LogP contribution in [0.1, 0.15) is 42.5 Å². The standard InChI is InChI=1S/C18H21BrFN/c1-3-4-6-13-9-11-14(12-10-13)18(21-2)15-7-5-8-16(19)17(15)20/h5,7-12,18,21H,3-4,6H2,1-2H3. The summed E-state index contributed by atoms with van der Waals surface area (Å²) in [6.07, 6.45) is 3.51. The SMILES string of the molecule is CCCCc1ccc(C(NC)c2cccc(Br)c2F)cc1. The normalized spacial score (nSPS) is 12.4. The van der Waals surface area contributed by atoms with Crippen LogP contribution in [0.5, 0.6) is 0 Å². The van der Waals surface area contributed by atoms with E-state index in [0.29, 0.717) is 10.0 Å². The van der Waals surface area contributed by atoms with Crippen molar-refractivity contribution >= 4 is 15.9 Å². The van der Waals surface area contributed by atoms with Gasteiger partial charge in [-0.1, -0.05) is 49.7 Å². The zero-order valence-electron chi connectivity index (χ0n) is 12.5. The lowest BCUT2D eigenvalue weighted by atomic mass is 9.96. The Kier molecular flexibility index (Phi) is 5.95. The Bertz CT molecular complexity index is 580. The second-order valence-corrected chi connectivity index (χ2v) is 6.06. The second-order valence-electron chi connectivity index (χ2n) is 5.21. The molecule has 0 saturated heterocycles. The van der Waals surface area contributed by atoms with E-state index in [1.807, 2.05) is 19.2 Å². The molecule has 0 heterocycles. The third-order valence-electron chi connectivity index (χ3n) is 3.71. The molecule has 0 bridgehead atoms. The fourth-order valence-corrected chi connectivity index (χ4v) is 2.88. The topological polar surface area (TPSA) is 12.0 Å². The molecular formula is C18H21BrFN. The third-order valence-corrected chi connectivity index (χ3v) is 4.33. The molecule has 1 nitrogen and oxygen atoms in total. The third kappa shape index (κ3) is 3.92. The minimum Gasteiger partial charge on any atom is -0.309 e. The largest absolute Gasteiger partial charge is 0.309 e. The Labute approximate surface area is 134 Å². The van der Waals surface area contributed by atoms with Crippen molar-refractivity contribution in [2.75, 3.05) is 7.05 Å². The van der Waals surface area contributed by atoms with Crippen molar-refractivity contribution in [3.05, 3.63) is 69.4 Å². The average molecular weight is 350 g/mol. The van der Waals surface area contributed by atoms with Gasteiger partial charge in [0.05, 0.1) is 10.5 Å². The minimum atomic E-state index is -0.202. The highest BCUT2D eigenvalue weighted by atomic mass is 79.9. The fraction of sp³-hybridized carbons (Fsp3) is 0.333. The van der Waals surface area contributed by atoms with Gasteiger partial charge in [0.25, 0.3) is 0 Å². The molecule has 0 aliphatic rings. The fourth-order valence-electron chi connectivity index (χ4n) is 2.50. The highest BCUT2D eigenvalue weighted by molar-refractivity contribution is 9.10. The van der Waals surface area contributed by atoms with Crippen LogP contribution >= 0.6 is 15.9 Å². The molecule has 0 saturated carbocycles. The van der Waals surface area contributed by atoms with Gasteiger partial charge in [0.1, 0.15) is 5.82 Å². The molecule has 0 fully saturated rings. The van der Waals surface area contributed by atoms with Crippen molar-refractivity contribution in [3.63, 3.8) is 0 Å². The molecule has 112 valence electrons. The Morgan fingerprint density at radius 3 is 2.48 bits per heavy atom. The van der Waals surface area contributed by atoms with Crippen LogP contribution in [0.4, 0.5) is 4.39 Å². The first-order chi connectivity index (χ1) is 10.2. The van der Waals surface area contributed by atoms with E-state index < -0.39 is 0 Å². The van der Waals surface area contributed by atoms with Crippen LogP contribution in [0.3, 0.4) is 0 Å². The Morgan fingerprint density at radius 2 is 1.86 bits per heavy atom. The highest BCUT2D eigenvalue weighted by Gasteiger charge is 2.17. The molecule has 0 radical (unpaired) electrons. The second kappa shape index (κ2) is 7.71. The van der Waals surface area contributed by atoms with Crippen LogP contribution in [-0.2, 0) is 6.42 Å². The highest BCUT2D eigenvalue weighted by Crippen LogP contribution is 2.28. The smallest absolute Gasteiger partial charge is 0.142 e. The molecule has 21 heavy (non-hydrogen) atoms. The van der Waals surface area contributed by atoms with E-state index in [9.17, 15) is 4.39 Å². The van der Waals surface area contributed by atoms with Crippen molar-refractivity contribution in [1.29, 1.82) is 0 Å². The Balaban J connectivity index is 2.27. The zero-order chi connectivity index (χ0) is 15.2. The molecule has 2 aromatic carbocycles. The summed E-state index contributed by atoms with van der Waals surface area (Å²) in [6.45, 7) is 2.20. The lowest BCUT2D eigenvalue weighted by Crippen LogP contribution is -2.19. The predicted molar refractivity (Wildman–Crippen MR) is 90.1 cm³/mol. The molecule has 0 aliphatic carbocycles. The van der Waals surface area contributed by atoms with E-state index >= 15 is 0 Å². The van der Waals surface area contributed by atoms with Crippen molar-refractivity contribution in [1.82, 2.24) is 5.32 Å². The number of unbranched alkanes of at least 4 members (excludes halogenated alkanes) is 1. The summed E-state index contributed by atoms with van der Waals surface area (Å²) >= 11 is 3.25. The molecule has 2 rings (SSSR count). The molecule has 2 aromatic rings. The van der Waals surface area contributed by atoms with E-state index in [2.05, 4.69) is 52.4 Å². The zero-order valence-corrected chi connectivity index (χ0v) is 14.1. The summed E-state index contributed by atoms with van der Waals surface area (Å²) in [5.41, 5.74) is 3.08. The number of aryl methyl sites for hydroxylation is 1. The van der Waals surface area contributed by atoms with Gasteiger partial charge in [-0.3, -0.25) is 0 Å². The van der Waals surface area contributed by atoms with Gasteiger partial charge >= 0.3 is 0 Å². The number of hydrogen-bond donors (Lipinski definition) is 1. The summed E-state index contributed by atoms with van der Waals surface area (Å²) in [5.74, 6) is -0.202. The van der Waals surface area contributed by atoms with Gasteiger partial charge in [0.15, 0.2) is 0 Å². The van der Waals surface area contributed by atoms with Crippen LogP contribution in [0.2, 0.25) is 0 Å². The van der Waals surface area contributed by atoms with Gasteiger partial charge in [-0.25, -0.2) is 4.39 Å². The maximum atomic E-state index is 14.3. The molecule has 0 spiro atoms. The van der Waals surface area contributed by atoms with Crippen molar-refractivity contribution in [2.45, 2.75) is 32.2 Å². The van der Waals surface area contributed by atoms with Crippen molar-refractivity contribution < 1.29 is 4.39 Å². The van der Waals surface area contributed by atoms with Crippen LogP contribution in [0.25, 0.3) is 0 Å². The van der Waals surface area contributed by atoms with E-state index in [4.69, 9.17) is 0 Å². The van der Waals surface area contributed by atoms with Crippen LogP contribution in [-0.4, -0.2) is 7.05 Å². The molecule has 1 atom stereocenters. The van der Waals surface area contributed by atoms with Gasteiger partial charge in [-0.05, 0) is 53.0 Å². The van der Waals surface area contributed by atoms with Gasteiger partial charge in [0, 0.05) is 5.56 Å². The lowest BCUT2D eigenvalue weighted by Gasteiger charge is -2.19. The van der Waals surface area contributed by atoms with Gasteiger partial charge in [-0.15, -0.1) is 0 Å². The van der Waals surface area contributed by atoms with Crippen LogP contribution in [0.15, 0.2) is 46.9 Å². The number of halogens is 2. The van der Waals surface area contributed by atoms with Crippen molar-refractivity contribution in [2.24, 2.45) is 0 Å². The number of benzene rings is 2. The van der Waals surface area contributed by atoms with E-state index in [-0.39, 0.29) is 11.9 Å². The monoisotopic (exact) mass is 349 g/mol. The summed E-state index contributed by atoms with van der Waals surface area (Å²) < 4.78 is 14.8. The maximum absolute atomic E-state index is 14.3. The molecule has 1 unspecified atom stereocenters. The molecule has 3 heteroatoms. The first-order valence-corrected chi connectivity index (χ1v) is 8.16. The van der Waals surface area contributed by atoms with Gasteiger partial charge < -0.3 is 5.32 Å². The average Bonchev–Trinajstić information content (AvgIpc) is 2.51. The Morgan fingerprint density at radius 1 is 1.14 bits per heavy atom. The van der Waals surface area contributed by atoms with E-state index in [1.165, 1.54) is 18.4 Å². The summed E-state index contributed by atoms with van der Waals surface area (Å²) in [7, 11) is 1.86. The first kappa shape index (κ1) is 16.2. The number of rotatable bonds is 6. The molecule has 1 N–H and O–H groups in total. The summed E-state index contributed by atoms with van der Waals surface area (Å²) in [5, 5.41) is 3.20. The van der Waals surface area contributed by atoms with Crippen LogP contribution < -0.4 is 5.32 Å². The first-order valence-electron chi connectivity index (χ1n) is 7.37. The summed E-state index contributed by atoms with van der Waals surface area (Å²) in [6, 6.07) is 13.7. The van der Waals surface area contributed by atoms with E-state index in [1.54, 1.807) is 6.07 Å². The Hall–Kier alpha value is -1.19. The maximum Gasteiger partial charge on any atom is 0.142 e. The summed E-state index contributed by atoms with van der Waals surface area (Å²) in [4.78, 5) is 0. The number of hydrogen-bond acceptors (Lipinski definition) is 1.